The first-order valence-corrected chi connectivity index (χ1v) is 4.23. The number of aryl methyl sites for hydroxylation is 1. The summed E-state index contributed by atoms with van der Waals surface area (Å²) in [5, 5.41) is 2.22. The van der Waals surface area contributed by atoms with Crippen LogP contribution in [0.4, 0.5) is 11.4 Å². The summed E-state index contributed by atoms with van der Waals surface area (Å²) in [5.74, 6) is 0. The highest BCUT2D eigenvalue weighted by Crippen LogP contribution is 2.28. The number of rotatable bonds is 0. The van der Waals surface area contributed by atoms with Crippen molar-refractivity contribution in [2.45, 2.75) is 6.92 Å². The molecule has 0 aliphatic rings. The van der Waals surface area contributed by atoms with Gasteiger partial charge in [-0.2, -0.15) is 0 Å². The Labute approximate surface area is 77.2 Å². The minimum atomic E-state index is 0.651. The van der Waals surface area contributed by atoms with Crippen LogP contribution in [-0.4, -0.2) is 0 Å². The molecule has 13 heavy (non-hydrogen) atoms. The predicted octanol–water partition coefficient (Wildman–Crippen LogP) is 2.31. The molecule has 0 saturated heterocycles. The van der Waals surface area contributed by atoms with Crippen molar-refractivity contribution in [1.82, 2.24) is 0 Å². The van der Waals surface area contributed by atoms with E-state index in [1.165, 1.54) is 10.9 Å². The Balaban J connectivity index is 2.94. The Bertz CT molecular complexity index is 461. The number of benzene rings is 2. The predicted molar refractivity (Wildman–Crippen MR) is 57.5 cm³/mol. The quantitative estimate of drug-likeness (QED) is 0.599. The molecule has 2 rings (SSSR count). The summed E-state index contributed by atoms with van der Waals surface area (Å²) in [7, 11) is 0. The van der Waals surface area contributed by atoms with Crippen LogP contribution in [0.1, 0.15) is 5.56 Å². The fraction of sp³-hybridized carbons (Fsp3) is 0.0909. The maximum atomic E-state index is 5.86. The lowest BCUT2D eigenvalue weighted by Gasteiger charge is -2.06. The minimum Gasteiger partial charge on any atom is -0.397 e. The number of anilines is 2. The average Bonchev–Trinajstić information content (AvgIpc) is 2.12. The van der Waals surface area contributed by atoms with Crippen molar-refractivity contribution in [2.75, 3.05) is 11.5 Å². The summed E-state index contributed by atoms with van der Waals surface area (Å²) in [5.41, 5.74) is 14.1. The lowest BCUT2D eigenvalue weighted by atomic mass is 10.0. The zero-order valence-electron chi connectivity index (χ0n) is 7.54. The molecule has 0 aliphatic carbocycles. The lowest BCUT2D eigenvalue weighted by Crippen LogP contribution is -1.95. The monoisotopic (exact) mass is 172 g/mol. The summed E-state index contributed by atoms with van der Waals surface area (Å²) < 4.78 is 0. The lowest BCUT2D eigenvalue weighted by molar-refractivity contribution is 1.53. The van der Waals surface area contributed by atoms with Gasteiger partial charge in [0.05, 0.1) is 11.4 Å². The van der Waals surface area contributed by atoms with Gasteiger partial charge in [0.15, 0.2) is 0 Å². The van der Waals surface area contributed by atoms with Gasteiger partial charge in [-0.15, -0.1) is 0 Å². The van der Waals surface area contributed by atoms with Gasteiger partial charge in [0.1, 0.15) is 0 Å². The molecule has 0 amide bonds. The van der Waals surface area contributed by atoms with Crippen molar-refractivity contribution in [3.05, 3.63) is 35.9 Å². The second kappa shape index (κ2) is 2.66. The second-order valence-corrected chi connectivity index (χ2v) is 3.24. The molecule has 4 N–H and O–H groups in total. The Kier molecular flexibility index (Phi) is 1.62. The van der Waals surface area contributed by atoms with E-state index in [0.717, 1.165) is 5.39 Å². The van der Waals surface area contributed by atoms with Crippen LogP contribution in [-0.2, 0) is 0 Å². The van der Waals surface area contributed by atoms with Gasteiger partial charge in [0, 0.05) is 5.39 Å². The molecule has 0 aromatic heterocycles. The zero-order chi connectivity index (χ0) is 9.42. The molecule has 0 saturated carbocycles. The molecule has 0 radical (unpaired) electrons. The Morgan fingerprint density at radius 2 is 1.69 bits per heavy atom. The summed E-state index contributed by atoms with van der Waals surface area (Å²) >= 11 is 0. The largest absolute Gasteiger partial charge is 0.397 e. The van der Waals surface area contributed by atoms with Crippen LogP contribution in [0.15, 0.2) is 30.3 Å². The summed E-state index contributed by atoms with van der Waals surface area (Å²) in [6, 6.07) is 9.92. The molecule has 2 aromatic rings. The van der Waals surface area contributed by atoms with Crippen molar-refractivity contribution in [2.24, 2.45) is 0 Å². The van der Waals surface area contributed by atoms with E-state index in [0.29, 0.717) is 11.4 Å². The first-order chi connectivity index (χ1) is 6.20. The van der Waals surface area contributed by atoms with Gasteiger partial charge >= 0.3 is 0 Å². The Hall–Kier alpha value is -1.70. The van der Waals surface area contributed by atoms with Gasteiger partial charge in [-0.05, 0) is 23.9 Å². The van der Waals surface area contributed by atoms with Gasteiger partial charge in [0.25, 0.3) is 0 Å². The van der Waals surface area contributed by atoms with Crippen LogP contribution in [0.3, 0.4) is 0 Å². The topological polar surface area (TPSA) is 52.0 Å². The highest BCUT2D eigenvalue weighted by molar-refractivity contribution is 5.99. The molecule has 2 aromatic carbocycles. The van der Waals surface area contributed by atoms with Crippen LogP contribution < -0.4 is 11.5 Å². The molecule has 0 fully saturated rings. The van der Waals surface area contributed by atoms with Gasteiger partial charge in [0.2, 0.25) is 0 Å². The molecule has 2 nitrogen and oxygen atoms in total. The first kappa shape index (κ1) is 7.92. The molecule has 0 atom stereocenters. The maximum Gasteiger partial charge on any atom is 0.0627 e. The van der Waals surface area contributed by atoms with Crippen LogP contribution >= 0.6 is 0 Å². The summed E-state index contributed by atoms with van der Waals surface area (Å²) in [6.07, 6.45) is 0. The smallest absolute Gasteiger partial charge is 0.0627 e. The van der Waals surface area contributed by atoms with E-state index >= 15 is 0 Å². The molecule has 0 heterocycles. The average molecular weight is 172 g/mol. The van der Waals surface area contributed by atoms with Crippen LogP contribution in [0.5, 0.6) is 0 Å². The highest BCUT2D eigenvalue weighted by Gasteiger charge is 2.02. The molecule has 0 aliphatic heterocycles. The summed E-state index contributed by atoms with van der Waals surface area (Å²) in [6.45, 7) is 2.07. The normalized spacial score (nSPS) is 10.5. The number of nitrogen functional groups attached to an aromatic ring is 2. The summed E-state index contributed by atoms with van der Waals surface area (Å²) in [4.78, 5) is 0. The molecule has 0 bridgehead atoms. The zero-order valence-corrected chi connectivity index (χ0v) is 7.54. The van der Waals surface area contributed by atoms with E-state index in [-0.39, 0.29) is 0 Å². The van der Waals surface area contributed by atoms with Crippen LogP contribution in [0.2, 0.25) is 0 Å². The van der Waals surface area contributed by atoms with Crippen molar-refractivity contribution in [3.8, 4) is 0 Å². The second-order valence-electron chi connectivity index (χ2n) is 3.24. The number of fused-ring (bicyclic) bond motifs is 1. The van der Waals surface area contributed by atoms with Gasteiger partial charge in [-0.1, -0.05) is 24.3 Å². The Morgan fingerprint density at radius 1 is 0.923 bits per heavy atom. The van der Waals surface area contributed by atoms with E-state index in [2.05, 4.69) is 13.0 Å². The molecule has 0 unspecified atom stereocenters. The molecular formula is C11H12N2. The van der Waals surface area contributed by atoms with Crippen molar-refractivity contribution >= 4 is 22.1 Å². The molecule has 2 heteroatoms. The molecule has 0 spiro atoms. The van der Waals surface area contributed by atoms with Gasteiger partial charge in [-0.25, -0.2) is 0 Å². The van der Waals surface area contributed by atoms with Gasteiger partial charge < -0.3 is 11.5 Å². The van der Waals surface area contributed by atoms with E-state index in [4.69, 9.17) is 11.5 Å². The Morgan fingerprint density at radius 3 is 2.46 bits per heavy atom. The van der Waals surface area contributed by atoms with E-state index in [1.807, 2.05) is 24.3 Å². The van der Waals surface area contributed by atoms with Crippen molar-refractivity contribution in [3.63, 3.8) is 0 Å². The van der Waals surface area contributed by atoms with Gasteiger partial charge in [-0.3, -0.25) is 0 Å². The fourth-order valence-corrected chi connectivity index (χ4v) is 1.56. The van der Waals surface area contributed by atoms with Crippen molar-refractivity contribution < 1.29 is 0 Å². The van der Waals surface area contributed by atoms with E-state index in [1.54, 1.807) is 0 Å². The first-order valence-electron chi connectivity index (χ1n) is 4.23. The standard InChI is InChI=1S/C11H12N2/c1-7-3-2-4-9-8(7)5-6-10(12)11(9)13/h2-6H,12-13H2,1H3. The number of nitrogens with two attached hydrogens (primary N) is 2. The SMILES string of the molecule is Cc1cccc2c(N)c(N)ccc12. The maximum absolute atomic E-state index is 5.86. The van der Waals surface area contributed by atoms with Crippen LogP contribution in [0, 0.1) is 6.92 Å². The van der Waals surface area contributed by atoms with Crippen molar-refractivity contribution in [1.29, 1.82) is 0 Å². The molecular weight excluding hydrogens is 160 g/mol. The number of hydrogen-bond donors (Lipinski definition) is 2. The third kappa shape index (κ3) is 1.11. The fourth-order valence-electron chi connectivity index (χ4n) is 1.56. The van der Waals surface area contributed by atoms with E-state index in [9.17, 15) is 0 Å². The van der Waals surface area contributed by atoms with Crippen LogP contribution in [0.25, 0.3) is 10.8 Å². The third-order valence-corrected chi connectivity index (χ3v) is 2.35. The molecule has 66 valence electrons. The van der Waals surface area contributed by atoms with E-state index < -0.39 is 0 Å². The number of hydrogen-bond acceptors (Lipinski definition) is 2. The third-order valence-electron chi connectivity index (χ3n) is 2.35. The highest BCUT2D eigenvalue weighted by atomic mass is 14.7. The minimum absolute atomic E-state index is 0.651.